The Morgan fingerprint density at radius 3 is 2.56 bits per heavy atom. The monoisotopic (exact) mass is 369 g/mol. The van der Waals surface area contributed by atoms with E-state index in [2.05, 4.69) is 15.8 Å². The molecule has 0 bridgehead atoms. The number of ether oxygens (including phenoxy) is 2. The van der Waals surface area contributed by atoms with Gasteiger partial charge < -0.3 is 14.8 Å². The van der Waals surface area contributed by atoms with Gasteiger partial charge in [0, 0.05) is 12.6 Å². The normalized spacial score (nSPS) is 10.5. The molecule has 2 aromatic carbocycles. The molecule has 2 N–H and O–H groups in total. The van der Waals surface area contributed by atoms with Gasteiger partial charge in [-0.1, -0.05) is 17.7 Å². The van der Waals surface area contributed by atoms with Crippen molar-refractivity contribution in [2.75, 3.05) is 19.0 Å². The molecule has 7 heteroatoms. The number of hydrazone groups is 1. The third kappa shape index (κ3) is 6.14. The van der Waals surface area contributed by atoms with E-state index in [0.717, 1.165) is 11.3 Å². The van der Waals surface area contributed by atoms with Gasteiger partial charge >= 0.3 is 5.97 Å². The highest BCUT2D eigenvalue weighted by Gasteiger charge is 2.07. The molecule has 0 fully saturated rings. The molecule has 0 radical (unpaired) electrons. The van der Waals surface area contributed by atoms with Crippen LogP contribution in [0.2, 0.25) is 0 Å². The summed E-state index contributed by atoms with van der Waals surface area (Å²) in [4.78, 5) is 23.0. The van der Waals surface area contributed by atoms with Gasteiger partial charge in [-0.25, -0.2) is 5.43 Å². The predicted molar refractivity (Wildman–Crippen MR) is 104 cm³/mol. The van der Waals surface area contributed by atoms with Gasteiger partial charge in [0.25, 0.3) is 5.91 Å². The molecule has 2 rings (SSSR count). The zero-order valence-corrected chi connectivity index (χ0v) is 15.8. The minimum absolute atomic E-state index is 0.107. The first-order valence-corrected chi connectivity index (χ1v) is 8.38. The van der Waals surface area contributed by atoms with E-state index in [9.17, 15) is 9.59 Å². The smallest absolute Gasteiger partial charge is 0.308 e. The minimum atomic E-state index is -0.432. The maximum atomic E-state index is 11.9. The summed E-state index contributed by atoms with van der Waals surface area (Å²) >= 11 is 0. The Bertz CT molecular complexity index is 862. The zero-order chi connectivity index (χ0) is 19.8. The fraction of sp³-hybridized carbons (Fsp3) is 0.250. The molecule has 0 saturated carbocycles. The van der Waals surface area contributed by atoms with E-state index in [1.54, 1.807) is 18.2 Å². The van der Waals surface area contributed by atoms with Crippen LogP contribution in [0.3, 0.4) is 0 Å². The average Bonchev–Trinajstić information content (AvgIpc) is 2.61. The molecule has 0 spiro atoms. The minimum Gasteiger partial charge on any atom is -0.493 e. The molecule has 0 atom stereocenters. The molecule has 27 heavy (non-hydrogen) atoms. The summed E-state index contributed by atoms with van der Waals surface area (Å²) in [5.41, 5.74) is 6.30. The molecule has 0 aliphatic carbocycles. The van der Waals surface area contributed by atoms with Gasteiger partial charge in [-0.05, 0) is 49.2 Å². The molecule has 0 saturated heterocycles. The number of hydrogen-bond donors (Lipinski definition) is 2. The molecule has 7 nitrogen and oxygen atoms in total. The van der Waals surface area contributed by atoms with Crippen molar-refractivity contribution in [3.63, 3.8) is 0 Å². The van der Waals surface area contributed by atoms with Crippen molar-refractivity contribution < 1.29 is 19.1 Å². The Morgan fingerprint density at radius 2 is 1.89 bits per heavy atom. The van der Waals surface area contributed by atoms with Crippen LogP contribution in [0.4, 0.5) is 5.69 Å². The largest absolute Gasteiger partial charge is 0.493 e. The summed E-state index contributed by atoms with van der Waals surface area (Å²) in [6, 6.07) is 10.9. The lowest BCUT2D eigenvalue weighted by molar-refractivity contribution is -0.132. The average molecular weight is 369 g/mol. The van der Waals surface area contributed by atoms with E-state index in [0.29, 0.717) is 17.1 Å². The molecule has 0 heterocycles. The number of anilines is 1. The predicted octanol–water partition coefficient (Wildman–Crippen LogP) is 2.80. The highest BCUT2D eigenvalue weighted by Crippen LogP contribution is 2.27. The Balaban J connectivity index is 1.90. The Labute approximate surface area is 158 Å². The molecule has 0 aromatic heterocycles. The second-order valence-corrected chi connectivity index (χ2v) is 5.97. The highest BCUT2D eigenvalue weighted by molar-refractivity contribution is 5.85. The van der Waals surface area contributed by atoms with Crippen molar-refractivity contribution in [2.45, 2.75) is 20.8 Å². The van der Waals surface area contributed by atoms with Crippen LogP contribution < -0.4 is 20.2 Å². The van der Waals surface area contributed by atoms with Crippen LogP contribution >= 0.6 is 0 Å². The lowest BCUT2D eigenvalue weighted by Gasteiger charge is -2.09. The van der Waals surface area contributed by atoms with Gasteiger partial charge in [0.05, 0.1) is 19.9 Å². The van der Waals surface area contributed by atoms with E-state index in [1.165, 1.54) is 25.8 Å². The third-order valence-corrected chi connectivity index (χ3v) is 3.67. The van der Waals surface area contributed by atoms with Crippen LogP contribution in [0.5, 0.6) is 11.5 Å². The van der Waals surface area contributed by atoms with Crippen LogP contribution in [-0.4, -0.2) is 31.7 Å². The maximum absolute atomic E-state index is 11.9. The van der Waals surface area contributed by atoms with Crippen molar-refractivity contribution in [1.82, 2.24) is 5.43 Å². The lowest BCUT2D eigenvalue weighted by Crippen LogP contribution is -2.26. The summed E-state index contributed by atoms with van der Waals surface area (Å²) in [6.45, 7) is 5.43. The number of benzene rings is 2. The highest BCUT2D eigenvalue weighted by atomic mass is 16.6. The van der Waals surface area contributed by atoms with Crippen LogP contribution in [0.15, 0.2) is 41.5 Å². The van der Waals surface area contributed by atoms with Gasteiger partial charge in [-0.3, -0.25) is 9.59 Å². The first-order chi connectivity index (χ1) is 12.9. The first-order valence-electron chi connectivity index (χ1n) is 8.38. The molecule has 142 valence electrons. The van der Waals surface area contributed by atoms with Crippen LogP contribution in [-0.2, 0) is 9.59 Å². The van der Waals surface area contributed by atoms with Crippen LogP contribution in [0, 0.1) is 13.8 Å². The summed E-state index contributed by atoms with van der Waals surface area (Å²) in [5, 5.41) is 7.01. The van der Waals surface area contributed by atoms with Crippen LogP contribution in [0.1, 0.15) is 23.6 Å². The number of carbonyl (C=O) groups excluding carboxylic acids is 2. The van der Waals surface area contributed by atoms with Gasteiger partial charge in [-0.15, -0.1) is 0 Å². The van der Waals surface area contributed by atoms with Crippen molar-refractivity contribution in [1.29, 1.82) is 0 Å². The molecule has 2 aromatic rings. The molecule has 1 amide bonds. The van der Waals surface area contributed by atoms with E-state index in [4.69, 9.17) is 9.47 Å². The second-order valence-electron chi connectivity index (χ2n) is 5.97. The van der Waals surface area contributed by atoms with E-state index < -0.39 is 5.97 Å². The number of amides is 1. The first kappa shape index (κ1) is 20.0. The Morgan fingerprint density at radius 1 is 1.11 bits per heavy atom. The van der Waals surface area contributed by atoms with Gasteiger partial charge in [0.15, 0.2) is 11.5 Å². The number of nitrogens with one attached hydrogen (secondary N) is 2. The Hall–Kier alpha value is -3.35. The molecular formula is C20H23N3O4. The summed E-state index contributed by atoms with van der Waals surface area (Å²) < 4.78 is 10.2. The van der Waals surface area contributed by atoms with Gasteiger partial charge in [-0.2, -0.15) is 5.10 Å². The number of nitrogens with zero attached hydrogens (tertiary/aromatic N) is 1. The van der Waals surface area contributed by atoms with Gasteiger partial charge in [0.2, 0.25) is 0 Å². The fourth-order valence-electron chi connectivity index (χ4n) is 2.41. The number of hydrogen-bond acceptors (Lipinski definition) is 6. The van der Waals surface area contributed by atoms with Gasteiger partial charge in [0.1, 0.15) is 0 Å². The zero-order valence-electron chi connectivity index (χ0n) is 15.8. The van der Waals surface area contributed by atoms with E-state index in [-0.39, 0.29) is 12.5 Å². The van der Waals surface area contributed by atoms with Crippen molar-refractivity contribution in [2.24, 2.45) is 5.10 Å². The summed E-state index contributed by atoms with van der Waals surface area (Å²) in [7, 11) is 1.48. The van der Waals surface area contributed by atoms with Crippen molar-refractivity contribution in [3.8, 4) is 11.5 Å². The maximum Gasteiger partial charge on any atom is 0.308 e. The molecule has 0 aliphatic rings. The standard InChI is InChI=1S/C20H23N3O4/c1-13-5-7-17(14(2)9-13)21-12-20(25)23-22-11-16-6-8-18(27-15(3)24)19(10-16)26-4/h5-11,21H,12H2,1-4H3,(H,23,25)/b22-11-. The van der Waals surface area contributed by atoms with E-state index >= 15 is 0 Å². The van der Waals surface area contributed by atoms with Crippen molar-refractivity contribution >= 4 is 23.8 Å². The topological polar surface area (TPSA) is 89.0 Å². The number of aryl methyl sites for hydroxylation is 2. The number of carbonyl (C=O) groups is 2. The molecule has 0 aliphatic heterocycles. The fourth-order valence-corrected chi connectivity index (χ4v) is 2.41. The third-order valence-electron chi connectivity index (χ3n) is 3.67. The summed E-state index contributed by atoms with van der Waals surface area (Å²) in [5.74, 6) is 0.0221. The molecule has 0 unspecified atom stereocenters. The lowest BCUT2D eigenvalue weighted by atomic mass is 10.1. The number of methoxy groups -OCH3 is 1. The Kier molecular flexibility index (Phi) is 6.93. The number of rotatable bonds is 7. The number of esters is 1. The molecular weight excluding hydrogens is 346 g/mol. The van der Waals surface area contributed by atoms with Crippen molar-refractivity contribution in [3.05, 3.63) is 53.1 Å². The quantitative estimate of drug-likeness (QED) is 0.339. The van der Waals surface area contributed by atoms with E-state index in [1.807, 2.05) is 32.0 Å². The second kappa shape index (κ2) is 9.38. The summed E-state index contributed by atoms with van der Waals surface area (Å²) in [6.07, 6.45) is 1.48. The van der Waals surface area contributed by atoms with Crippen LogP contribution in [0.25, 0.3) is 0 Å². The SMILES string of the molecule is COc1cc(/C=N\NC(=O)CNc2ccc(C)cc2C)ccc1OC(C)=O.